The van der Waals surface area contributed by atoms with Crippen molar-refractivity contribution in [1.82, 2.24) is 5.43 Å². The molecule has 3 aromatic carbocycles. The van der Waals surface area contributed by atoms with Gasteiger partial charge in [0.05, 0.1) is 11.8 Å². The second kappa shape index (κ2) is 5.60. The fraction of sp³-hybridized carbons (Fsp3) is 0.105. The number of benzene rings is 3. The summed E-state index contributed by atoms with van der Waals surface area (Å²) >= 11 is 5.95. The van der Waals surface area contributed by atoms with Gasteiger partial charge in [-0.2, -0.15) is 5.10 Å². The summed E-state index contributed by atoms with van der Waals surface area (Å²) in [5.41, 5.74) is 5.99. The maximum absolute atomic E-state index is 10.3. The van der Waals surface area contributed by atoms with Gasteiger partial charge < -0.3 is 10.5 Å². The van der Waals surface area contributed by atoms with Crippen molar-refractivity contribution < 1.29 is 5.11 Å². The van der Waals surface area contributed by atoms with Gasteiger partial charge in [0, 0.05) is 17.0 Å². The quantitative estimate of drug-likeness (QED) is 0.722. The molecule has 0 bridgehead atoms. The highest BCUT2D eigenvalue weighted by atomic mass is 35.5. The maximum Gasteiger partial charge on any atom is 0.125 e. The van der Waals surface area contributed by atoms with Crippen molar-refractivity contribution in [3.8, 4) is 5.75 Å². The van der Waals surface area contributed by atoms with E-state index in [4.69, 9.17) is 11.6 Å². The number of halogens is 1. The molecular weight excluding hydrogens is 308 g/mol. The Morgan fingerprint density at radius 3 is 2.61 bits per heavy atom. The van der Waals surface area contributed by atoms with Crippen molar-refractivity contribution in [2.75, 3.05) is 0 Å². The zero-order valence-corrected chi connectivity index (χ0v) is 13.1. The molecule has 1 atom stereocenters. The van der Waals surface area contributed by atoms with Crippen molar-refractivity contribution in [3.63, 3.8) is 0 Å². The molecular formula is C19H15ClN2O. The van der Waals surface area contributed by atoms with Crippen molar-refractivity contribution in [2.45, 2.75) is 12.5 Å². The number of nitrogens with zero attached hydrogens (tertiary/aromatic N) is 1. The van der Waals surface area contributed by atoms with Crippen LogP contribution in [0, 0.1) is 0 Å². The van der Waals surface area contributed by atoms with Crippen LogP contribution in [0.4, 0.5) is 0 Å². The van der Waals surface area contributed by atoms with Crippen LogP contribution in [0.15, 0.2) is 65.8 Å². The summed E-state index contributed by atoms with van der Waals surface area (Å²) in [5, 5.41) is 17.6. The van der Waals surface area contributed by atoms with Crippen LogP contribution in [0.2, 0.25) is 5.02 Å². The molecule has 3 nitrogen and oxygen atoms in total. The van der Waals surface area contributed by atoms with Crippen molar-refractivity contribution >= 4 is 28.1 Å². The van der Waals surface area contributed by atoms with Crippen molar-refractivity contribution in [2.24, 2.45) is 5.10 Å². The van der Waals surface area contributed by atoms with Gasteiger partial charge in [0.2, 0.25) is 0 Å². The van der Waals surface area contributed by atoms with Crippen LogP contribution in [-0.4, -0.2) is 10.8 Å². The first-order valence-electron chi connectivity index (χ1n) is 7.51. The smallest absolute Gasteiger partial charge is 0.125 e. The van der Waals surface area contributed by atoms with Crippen LogP contribution in [-0.2, 0) is 0 Å². The third-order valence-corrected chi connectivity index (χ3v) is 4.47. The van der Waals surface area contributed by atoms with E-state index in [0.29, 0.717) is 0 Å². The summed E-state index contributed by atoms with van der Waals surface area (Å²) in [6, 6.07) is 19.5. The van der Waals surface area contributed by atoms with E-state index in [2.05, 4.69) is 10.5 Å². The predicted molar refractivity (Wildman–Crippen MR) is 94.1 cm³/mol. The summed E-state index contributed by atoms with van der Waals surface area (Å²) < 4.78 is 0. The lowest BCUT2D eigenvalue weighted by atomic mass is 9.95. The maximum atomic E-state index is 10.3. The normalized spacial score (nSPS) is 17.1. The first kappa shape index (κ1) is 14.1. The minimum atomic E-state index is 0.0978. The highest BCUT2D eigenvalue weighted by molar-refractivity contribution is 6.30. The van der Waals surface area contributed by atoms with Gasteiger partial charge in [0.15, 0.2) is 0 Å². The zero-order chi connectivity index (χ0) is 15.8. The molecule has 0 saturated carbocycles. The molecule has 1 aliphatic heterocycles. The second-order valence-corrected chi connectivity index (χ2v) is 6.11. The van der Waals surface area contributed by atoms with Gasteiger partial charge >= 0.3 is 0 Å². The Morgan fingerprint density at radius 1 is 1.00 bits per heavy atom. The molecule has 0 aliphatic carbocycles. The molecule has 0 spiro atoms. The van der Waals surface area contributed by atoms with Crippen LogP contribution in [0.25, 0.3) is 10.8 Å². The molecule has 2 N–H and O–H groups in total. The number of aromatic hydroxyl groups is 1. The van der Waals surface area contributed by atoms with Crippen LogP contribution < -0.4 is 5.43 Å². The highest BCUT2D eigenvalue weighted by Gasteiger charge is 2.24. The van der Waals surface area contributed by atoms with Crippen molar-refractivity contribution in [1.29, 1.82) is 0 Å². The Hall–Kier alpha value is -2.52. The monoisotopic (exact) mass is 322 g/mol. The number of hydrogen-bond acceptors (Lipinski definition) is 3. The molecule has 0 aromatic heterocycles. The predicted octanol–water partition coefficient (Wildman–Crippen LogP) is 4.64. The number of rotatable bonds is 2. The largest absolute Gasteiger partial charge is 0.507 e. The number of nitrogens with one attached hydrogen (secondary N) is 1. The summed E-state index contributed by atoms with van der Waals surface area (Å²) in [7, 11) is 0. The molecule has 4 rings (SSSR count). The van der Waals surface area contributed by atoms with Crippen LogP contribution in [0.3, 0.4) is 0 Å². The third kappa shape index (κ3) is 2.53. The van der Waals surface area contributed by atoms with Crippen LogP contribution in [0.1, 0.15) is 23.6 Å². The van der Waals surface area contributed by atoms with Gasteiger partial charge in [-0.15, -0.1) is 0 Å². The first-order chi connectivity index (χ1) is 11.2. The zero-order valence-electron chi connectivity index (χ0n) is 12.3. The van der Waals surface area contributed by atoms with E-state index in [-0.39, 0.29) is 11.8 Å². The Labute approximate surface area is 139 Å². The van der Waals surface area contributed by atoms with Gasteiger partial charge in [-0.05, 0) is 34.5 Å². The second-order valence-electron chi connectivity index (χ2n) is 5.68. The average molecular weight is 323 g/mol. The summed E-state index contributed by atoms with van der Waals surface area (Å²) in [6.07, 6.45) is 0.725. The molecule has 1 unspecified atom stereocenters. The lowest BCUT2D eigenvalue weighted by Crippen LogP contribution is -2.09. The molecule has 114 valence electrons. The third-order valence-electron chi connectivity index (χ3n) is 4.22. The van der Waals surface area contributed by atoms with E-state index in [1.807, 2.05) is 54.6 Å². The fourth-order valence-corrected chi connectivity index (χ4v) is 3.18. The minimum Gasteiger partial charge on any atom is -0.507 e. The SMILES string of the molecule is Oc1ccc2ccccc2c1C1=NNC(c2ccc(Cl)cc2)C1. The Kier molecular flexibility index (Phi) is 3.43. The lowest BCUT2D eigenvalue weighted by molar-refractivity contribution is 0.475. The minimum absolute atomic E-state index is 0.0978. The molecule has 0 saturated heterocycles. The topological polar surface area (TPSA) is 44.6 Å². The van der Waals surface area contributed by atoms with E-state index in [1.165, 1.54) is 0 Å². The number of phenols is 1. The number of hydrazone groups is 1. The molecule has 0 amide bonds. The van der Waals surface area contributed by atoms with E-state index in [1.54, 1.807) is 6.07 Å². The molecule has 4 heteroatoms. The van der Waals surface area contributed by atoms with E-state index < -0.39 is 0 Å². The van der Waals surface area contributed by atoms with E-state index in [9.17, 15) is 5.11 Å². The molecule has 23 heavy (non-hydrogen) atoms. The van der Waals surface area contributed by atoms with Gasteiger partial charge in [-0.3, -0.25) is 0 Å². The van der Waals surface area contributed by atoms with Crippen LogP contribution in [0.5, 0.6) is 5.75 Å². The van der Waals surface area contributed by atoms with Gasteiger partial charge in [0.25, 0.3) is 0 Å². The van der Waals surface area contributed by atoms with Gasteiger partial charge in [0.1, 0.15) is 5.75 Å². The average Bonchev–Trinajstić information content (AvgIpc) is 3.05. The fourth-order valence-electron chi connectivity index (χ4n) is 3.05. The Bertz CT molecular complexity index is 903. The number of phenolic OH excluding ortho intramolecular Hbond substituents is 1. The highest BCUT2D eigenvalue weighted by Crippen LogP contribution is 2.33. The van der Waals surface area contributed by atoms with E-state index in [0.717, 1.165) is 39.1 Å². The number of fused-ring (bicyclic) bond motifs is 1. The first-order valence-corrected chi connectivity index (χ1v) is 7.89. The molecule has 0 fully saturated rings. The molecule has 1 heterocycles. The Morgan fingerprint density at radius 2 is 1.78 bits per heavy atom. The summed E-state index contributed by atoms with van der Waals surface area (Å²) in [4.78, 5) is 0. The number of hydrogen-bond donors (Lipinski definition) is 2. The van der Waals surface area contributed by atoms with Crippen molar-refractivity contribution in [3.05, 3.63) is 76.8 Å². The Balaban J connectivity index is 1.70. The standard InChI is InChI=1S/C19H15ClN2O/c20-14-8-5-13(6-9-14)16-11-17(22-21-16)19-15-4-2-1-3-12(15)7-10-18(19)23/h1-10,16,21,23H,11H2. The van der Waals surface area contributed by atoms with E-state index >= 15 is 0 Å². The molecule has 3 aromatic rings. The summed E-state index contributed by atoms with van der Waals surface area (Å²) in [5.74, 6) is 0.265. The molecule has 0 radical (unpaired) electrons. The van der Waals surface area contributed by atoms with Gasteiger partial charge in [-0.25, -0.2) is 0 Å². The lowest BCUT2D eigenvalue weighted by Gasteiger charge is -2.11. The summed E-state index contributed by atoms with van der Waals surface area (Å²) in [6.45, 7) is 0. The van der Waals surface area contributed by atoms with Gasteiger partial charge in [-0.1, -0.05) is 54.1 Å². The van der Waals surface area contributed by atoms with Crippen LogP contribution >= 0.6 is 11.6 Å². The molecule has 1 aliphatic rings.